The summed E-state index contributed by atoms with van der Waals surface area (Å²) in [4.78, 5) is 18.0. The highest BCUT2D eigenvalue weighted by Crippen LogP contribution is 2.54. The van der Waals surface area contributed by atoms with Gasteiger partial charge in [-0.3, -0.25) is 14.6 Å². The second-order valence-electron chi connectivity index (χ2n) is 10.2. The standard InChI is InChI=1S/C29H38N2O2/c1-2-33-27(32)22-30-19-16-29(31-17-10-5-11-18-31)20-25(23-12-6-3-7-13-23)28(30)26(21-29)24-14-8-4-9-15-24/h3-4,6-9,12-15,25-26,28H,2,5,10-11,16-22H2,1H3/t25-,26-,28?,29?/m0/s1. The van der Waals surface area contributed by atoms with Crippen LogP contribution < -0.4 is 0 Å². The molecule has 2 bridgehead atoms. The number of esters is 1. The Balaban J connectivity index is 1.60. The number of nitrogens with zero attached hydrogens (tertiary/aromatic N) is 2. The molecular formula is C29H38N2O2. The lowest BCUT2D eigenvalue weighted by Crippen LogP contribution is -2.56. The lowest BCUT2D eigenvalue weighted by atomic mass is 9.63. The second kappa shape index (κ2) is 9.99. The molecule has 0 amide bonds. The SMILES string of the molecule is CCOC(=O)CN1CCC2(N3CCCCC3)C[C@@H](c3ccccc3)C1[C@H](c1ccccc1)C2. The lowest BCUT2D eigenvalue weighted by molar-refractivity contribution is -0.145. The molecule has 6 rings (SSSR count). The van der Waals surface area contributed by atoms with E-state index in [2.05, 4.69) is 70.5 Å². The van der Waals surface area contributed by atoms with Crippen LogP contribution in [-0.2, 0) is 9.53 Å². The molecule has 0 spiro atoms. The van der Waals surface area contributed by atoms with Gasteiger partial charge < -0.3 is 4.74 Å². The van der Waals surface area contributed by atoms with Gasteiger partial charge in [-0.05, 0) is 63.2 Å². The topological polar surface area (TPSA) is 32.8 Å². The van der Waals surface area contributed by atoms with Crippen LogP contribution in [0.1, 0.15) is 68.4 Å². The summed E-state index contributed by atoms with van der Waals surface area (Å²) in [6.07, 6.45) is 7.48. The van der Waals surface area contributed by atoms with Gasteiger partial charge in [-0.25, -0.2) is 0 Å². The smallest absolute Gasteiger partial charge is 0.320 e. The Morgan fingerprint density at radius 2 is 1.45 bits per heavy atom. The number of piperidine rings is 1. The van der Waals surface area contributed by atoms with Crippen LogP contribution in [0, 0.1) is 0 Å². The molecule has 4 heteroatoms. The summed E-state index contributed by atoms with van der Waals surface area (Å²) in [5, 5.41) is 0. The third kappa shape index (κ3) is 4.61. The lowest BCUT2D eigenvalue weighted by Gasteiger charge is -2.53. The summed E-state index contributed by atoms with van der Waals surface area (Å²) >= 11 is 0. The normalized spacial score (nSPS) is 30.6. The van der Waals surface area contributed by atoms with Crippen molar-refractivity contribution < 1.29 is 9.53 Å². The Hall–Kier alpha value is -2.17. The van der Waals surface area contributed by atoms with Gasteiger partial charge in [-0.2, -0.15) is 0 Å². The molecule has 3 heterocycles. The number of benzene rings is 2. The maximum atomic E-state index is 12.7. The average molecular weight is 447 g/mol. The molecule has 1 aliphatic carbocycles. The summed E-state index contributed by atoms with van der Waals surface area (Å²) in [6.45, 7) is 6.13. The molecule has 2 aromatic rings. The van der Waals surface area contributed by atoms with Crippen molar-refractivity contribution in [3.05, 3.63) is 71.8 Å². The van der Waals surface area contributed by atoms with Crippen molar-refractivity contribution >= 4 is 5.97 Å². The fraction of sp³-hybridized carbons (Fsp3) is 0.552. The monoisotopic (exact) mass is 446 g/mol. The molecule has 1 saturated carbocycles. The van der Waals surface area contributed by atoms with Gasteiger partial charge in [0.15, 0.2) is 0 Å². The van der Waals surface area contributed by atoms with Crippen molar-refractivity contribution in [3.63, 3.8) is 0 Å². The van der Waals surface area contributed by atoms with Gasteiger partial charge in [0.25, 0.3) is 0 Å². The van der Waals surface area contributed by atoms with Crippen molar-refractivity contribution in [2.75, 3.05) is 32.8 Å². The van der Waals surface area contributed by atoms with Crippen molar-refractivity contribution in [1.29, 1.82) is 0 Å². The molecule has 0 unspecified atom stereocenters. The largest absolute Gasteiger partial charge is 0.465 e. The van der Waals surface area contributed by atoms with E-state index in [1.165, 1.54) is 56.3 Å². The third-order valence-electron chi connectivity index (χ3n) is 8.43. The summed E-state index contributed by atoms with van der Waals surface area (Å²) in [6, 6.07) is 22.5. The highest BCUT2D eigenvalue weighted by Gasteiger charge is 2.54. The number of likely N-dealkylation sites (tertiary alicyclic amines) is 1. The van der Waals surface area contributed by atoms with Crippen LogP contribution in [0.15, 0.2) is 60.7 Å². The molecule has 4 fully saturated rings. The van der Waals surface area contributed by atoms with Crippen LogP contribution in [0.3, 0.4) is 0 Å². The molecule has 0 N–H and O–H groups in total. The Bertz CT molecular complexity index is 860. The van der Waals surface area contributed by atoms with Crippen LogP contribution in [0.2, 0.25) is 0 Å². The molecule has 4 aliphatic rings. The van der Waals surface area contributed by atoms with E-state index in [-0.39, 0.29) is 11.5 Å². The van der Waals surface area contributed by atoms with Crippen LogP contribution in [0.5, 0.6) is 0 Å². The van der Waals surface area contributed by atoms with Crippen molar-refractivity contribution in [2.45, 2.75) is 68.9 Å². The third-order valence-corrected chi connectivity index (χ3v) is 8.43. The van der Waals surface area contributed by atoms with E-state index < -0.39 is 0 Å². The van der Waals surface area contributed by atoms with Crippen molar-refractivity contribution in [3.8, 4) is 0 Å². The number of hydrogen-bond acceptors (Lipinski definition) is 4. The fourth-order valence-electron chi connectivity index (χ4n) is 7.01. The quantitative estimate of drug-likeness (QED) is 0.570. The first-order chi connectivity index (χ1) is 16.2. The Labute approximate surface area is 198 Å². The molecule has 2 aromatic carbocycles. The minimum Gasteiger partial charge on any atom is -0.465 e. The summed E-state index contributed by atoms with van der Waals surface area (Å²) in [7, 11) is 0. The number of carbonyl (C=O) groups is 1. The van der Waals surface area contributed by atoms with Crippen molar-refractivity contribution in [1.82, 2.24) is 9.80 Å². The zero-order valence-electron chi connectivity index (χ0n) is 20.0. The molecule has 33 heavy (non-hydrogen) atoms. The molecule has 2 atom stereocenters. The van der Waals surface area contributed by atoms with Gasteiger partial charge in [0.2, 0.25) is 0 Å². The number of hydrogen-bond donors (Lipinski definition) is 0. The van der Waals surface area contributed by atoms with E-state index >= 15 is 0 Å². The van der Waals surface area contributed by atoms with E-state index in [0.717, 1.165) is 13.0 Å². The van der Waals surface area contributed by atoms with E-state index in [9.17, 15) is 4.79 Å². The Morgan fingerprint density at radius 3 is 2.00 bits per heavy atom. The average Bonchev–Trinajstić information content (AvgIpc) is 3.13. The minimum absolute atomic E-state index is 0.0894. The first kappa shape index (κ1) is 22.6. The summed E-state index contributed by atoms with van der Waals surface area (Å²) in [5.41, 5.74) is 3.03. The predicted octanol–water partition coefficient (Wildman–Crippen LogP) is 5.21. The zero-order chi connectivity index (χ0) is 22.7. The van der Waals surface area contributed by atoms with E-state index in [1.54, 1.807) is 0 Å². The van der Waals surface area contributed by atoms with Gasteiger partial charge in [-0.1, -0.05) is 67.1 Å². The van der Waals surface area contributed by atoms with Gasteiger partial charge in [0.05, 0.1) is 13.2 Å². The summed E-state index contributed by atoms with van der Waals surface area (Å²) < 4.78 is 5.42. The van der Waals surface area contributed by atoms with Crippen molar-refractivity contribution in [2.24, 2.45) is 0 Å². The van der Waals surface area contributed by atoms with Crippen LogP contribution in [0.25, 0.3) is 0 Å². The Kier molecular flexibility index (Phi) is 6.84. The van der Waals surface area contributed by atoms with E-state index in [4.69, 9.17) is 4.74 Å². The summed E-state index contributed by atoms with van der Waals surface area (Å²) in [5.74, 6) is 0.724. The van der Waals surface area contributed by atoms with Crippen LogP contribution >= 0.6 is 0 Å². The van der Waals surface area contributed by atoms with Crippen LogP contribution in [-0.4, -0.2) is 60.1 Å². The highest BCUT2D eigenvalue weighted by molar-refractivity contribution is 5.71. The van der Waals surface area contributed by atoms with Gasteiger partial charge in [0, 0.05) is 30.0 Å². The van der Waals surface area contributed by atoms with Gasteiger partial charge in [-0.15, -0.1) is 0 Å². The Morgan fingerprint density at radius 1 is 0.879 bits per heavy atom. The van der Waals surface area contributed by atoms with Gasteiger partial charge >= 0.3 is 5.97 Å². The molecular weight excluding hydrogens is 408 g/mol. The minimum atomic E-state index is -0.0894. The maximum Gasteiger partial charge on any atom is 0.320 e. The first-order valence-corrected chi connectivity index (χ1v) is 12.9. The molecule has 0 radical (unpaired) electrons. The molecule has 3 aliphatic heterocycles. The first-order valence-electron chi connectivity index (χ1n) is 12.9. The molecule has 3 saturated heterocycles. The van der Waals surface area contributed by atoms with Gasteiger partial charge in [0.1, 0.15) is 0 Å². The van der Waals surface area contributed by atoms with E-state index in [0.29, 0.717) is 31.0 Å². The van der Waals surface area contributed by atoms with Crippen LogP contribution in [0.4, 0.5) is 0 Å². The second-order valence-corrected chi connectivity index (χ2v) is 10.2. The molecule has 176 valence electrons. The predicted molar refractivity (Wildman–Crippen MR) is 132 cm³/mol. The number of carbonyl (C=O) groups excluding carboxylic acids is 1. The van der Waals surface area contributed by atoms with E-state index in [1.807, 2.05) is 6.92 Å². The highest BCUT2D eigenvalue weighted by atomic mass is 16.5. The number of fused-ring (bicyclic) bond motifs is 4. The molecule has 4 nitrogen and oxygen atoms in total. The molecule has 0 aromatic heterocycles. The fourth-order valence-corrected chi connectivity index (χ4v) is 7.01. The number of rotatable bonds is 6. The number of ether oxygens (including phenoxy) is 1. The maximum absolute atomic E-state index is 12.7. The zero-order valence-corrected chi connectivity index (χ0v) is 20.0.